The van der Waals surface area contributed by atoms with Crippen molar-refractivity contribution in [3.8, 4) is 0 Å². The molecule has 0 heterocycles. The Balaban J connectivity index is 2.76. The number of carboxylic acid groups (broad SMARTS) is 1. The van der Waals surface area contributed by atoms with Crippen molar-refractivity contribution in [1.82, 2.24) is 5.32 Å². The third-order valence-electron chi connectivity index (χ3n) is 3.46. The molecule has 1 unspecified atom stereocenters. The number of anilines is 1. The largest absolute Gasteiger partial charge is 0.480 e. The van der Waals surface area contributed by atoms with Crippen LogP contribution in [0.3, 0.4) is 0 Å². The van der Waals surface area contributed by atoms with Crippen molar-refractivity contribution in [2.45, 2.75) is 25.8 Å². The van der Waals surface area contributed by atoms with Gasteiger partial charge in [0.05, 0.1) is 0 Å². The summed E-state index contributed by atoms with van der Waals surface area (Å²) in [5.74, 6) is -1.17. The van der Waals surface area contributed by atoms with Gasteiger partial charge in [0.25, 0.3) is 0 Å². The summed E-state index contributed by atoms with van der Waals surface area (Å²) in [6.07, 6.45) is 0.434. The van der Waals surface area contributed by atoms with E-state index in [1.54, 1.807) is 20.0 Å². The van der Waals surface area contributed by atoms with Gasteiger partial charge in [-0.25, -0.2) is 4.39 Å². The van der Waals surface area contributed by atoms with Crippen LogP contribution in [0.5, 0.6) is 0 Å². The molecule has 106 valence electrons. The predicted octanol–water partition coefficient (Wildman–Crippen LogP) is 2.10. The van der Waals surface area contributed by atoms with Gasteiger partial charge in [-0.1, -0.05) is 6.07 Å². The predicted molar refractivity (Wildman–Crippen MR) is 74.0 cm³/mol. The summed E-state index contributed by atoms with van der Waals surface area (Å²) in [4.78, 5) is 13.2. The van der Waals surface area contributed by atoms with Crippen molar-refractivity contribution in [2.24, 2.45) is 0 Å². The molecule has 0 aromatic heterocycles. The third-order valence-corrected chi connectivity index (χ3v) is 3.46. The number of hydrogen-bond donors (Lipinski definition) is 2. The molecular formula is C14H21FN2O2. The highest BCUT2D eigenvalue weighted by atomic mass is 19.1. The van der Waals surface area contributed by atoms with Crippen LogP contribution in [0.4, 0.5) is 10.1 Å². The van der Waals surface area contributed by atoms with Gasteiger partial charge in [0.1, 0.15) is 11.4 Å². The summed E-state index contributed by atoms with van der Waals surface area (Å²) < 4.78 is 13.2. The number of carbonyl (C=O) groups is 1. The Morgan fingerprint density at radius 1 is 1.53 bits per heavy atom. The smallest absolute Gasteiger partial charge is 0.323 e. The minimum atomic E-state index is -0.971. The molecule has 0 aliphatic carbocycles. The number of benzene rings is 1. The molecule has 4 nitrogen and oxygen atoms in total. The molecule has 5 heteroatoms. The zero-order valence-corrected chi connectivity index (χ0v) is 11.6. The first kappa shape index (κ1) is 15.4. The lowest BCUT2D eigenvalue weighted by molar-refractivity contribution is -0.144. The average molecular weight is 268 g/mol. The summed E-state index contributed by atoms with van der Waals surface area (Å²) in [7, 11) is 1.63. The quantitative estimate of drug-likeness (QED) is 0.795. The Bertz CT molecular complexity index is 439. The molecular weight excluding hydrogens is 247 g/mol. The molecule has 19 heavy (non-hydrogen) atoms. The number of likely N-dealkylation sites (N-methyl/N-ethyl adjacent to an activating group) is 1. The van der Waals surface area contributed by atoms with Gasteiger partial charge < -0.3 is 15.3 Å². The van der Waals surface area contributed by atoms with Gasteiger partial charge in [0.2, 0.25) is 0 Å². The van der Waals surface area contributed by atoms with Crippen LogP contribution in [0.25, 0.3) is 0 Å². The van der Waals surface area contributed by atoms with Crippen molar-refractivity contribution in [3.63, 3.8) is 0 Å². The van der Waals surface area contributed by atoms with Crippen molar-refractivity contribution in [2.75, 3.05) is 25.0 Å². The van der Waals surface area contributed by atoms with Gasteiger partial charge in [0.15, 0.2) is 0 Å². The SMILES string of the molecule is CCN(CCC(C)(NC)C(=O)O)c1cccc(F)c1. The van der Waals surface area contributed by atoms with Crippen LogP contribution in [-0.2, 0) is 4.79 Å². The monoisotopic (exact) mass is 268 g/mol. The second-order valence-electron chi connectivity index (χ2n) is 4.70. The van der Waals surface area contributed by atoms with Gasteiger partial charge in [-0.3, -0.25) is 4.79 Å². The van der Waals surface area contributed by atoms with Crippen LogP contribution < -0.4 is 10.2 Å². The molecule has 0 aliphatic rings. The van der Waals surface area contributed by atoms with Crippen LogP contribution in [-0.4, -0.2) is 36.8 Å². The minimum absolute atomic E-state index is 0.287. The first-order valence-corrected chi connectivity index (χ1v) is 6.35. The first-order valence-electron chi connectivity index (χ1n) is 6.35. The summed E-state index contributed by atoms with van der Waals surface area (Å²) in [5, 5.41) is 12.0. The van der Waals surface area contributed by atoms with E-state index in [0.29, 0.717) is 19.5 Å². The van der Waals surface area contributed by atoms with E-state index < -0.39 is 11.5 Å². The summed E-state index contributed by atoms with van der Waals surface area (Å²) in [5.41, 5.74) is -0.202. The van der Waals surface area contributed by atoms with Gasteiger partial charge in [0, 0.05) is 18.8 Å². The Labute approximate surface area is 113 Å². The molecule has 1 aromatic rings. The van der Waals surface area contributed by atoms with E-state index in [9.17, 15) is 14.3 Å². The van der Waals surface area contributed by atoms with Gasteiger partial charge in [-0.05, 0) is 45.5 Å². The fraction of sp³-hybridized carbons (Fsp3) is 0.500. The summed E-state index contributed by atoms with van der Waals surface area (Å²) in [6.45, 7) is 4.85. The third kappa shape index (κ3) is 3.92. The van der Waals surface area contributed by atoms with Crippen molar-refractivity contribution >= 4 is 11.7 Å². The van der Waals surface area contributed by atoms with Crippen molar-refractivity contribution < 1.29 is 14.3 Å². The molecule has 0 radical (unpaired) electrons. The van der Waals surface area contributed by atoms with Gasteiger partial charge >= 0.3 is 5.97 Å². The number of aliphatic carboxylic acids is 1. The Kier molecular flexibility index (Phi) is 5.30. The van der Waals surface area contributed by atoms with Crippen LogP contribution in [0.2, 0.25) is 0 Å². The van der Waals surface area contributed by atoms with Crippen LogP contribution >= 0.6 is 0 Å². The molecule has 0 spiro atoms. The van der Waals surface area contributed by atoms with Crippen LogP contribution in [0, 0.1) is 5.82 Å². The van der Waals surface area contributed by atoms with E-state index in [0.717, 1.165) is 5.69 Å². The highest BCUT2D eigenvalue weighted by Gasteiger charge is 2.31. The van der Waals surface area contributed by atoms with E-state index in [-0.39, 0.29) is 5.82 Å². The standard InChI is InChI=1S/C14H21FN2O2/c1-4-17(12-7-5-6-11(15)10-12)9-8-14(2,16-3)13(18)19/h5-7,10,16H,4,8-9H2,1-3H3,(H,18,19). The van der Waals surface area contributed by atoms with E-state index in [2.05, 4.69) is 5.32 Å². The molecule has 0 bridgehead atoms. The number of halogens is 1. The number of hydrogen-bond acceptors (Lipinski definition) is 3. The maximum absolute atomic E-state index is 13.2. The molecule has 1 aromatic carbocycles. The molecule has 2 N–H and O–H groups in total. The lowest BCUT2D eigenvalue weighted by atomic mass is 9.98. The summed E-state index contributed by atoms with van der Waals surface area (Å²) >= 11 is 0. The molecule has 0 fully saturated rings. The number of carboxylic acids is 1. The Hall–Kier alpha value is -1.62. The zero-order valence-electron chi connectivity index (χ0n) is 11.6. The highest BCUT2D eigenvalue weighted by molar-refractivity contribution is 5.78. The summed E-state index contributed by atoms with van der Waals surface area (Å²) in [6, 6.07) is 6.33. The van der Waals surface area contributed by atoms with Crippen molar-refractivity contribution in [1.29, 1.82) is 0 Å². The van der Waals surface area contributed by atoms with Crippen molar-refractivity contribution in [3.05, 3.63) is 30.1 Å². The topological polar surface area (TPSA) is 52.6 Å². The van der Waals surface area contributed by atoms with Gasteiger partial charge in [-0.15, -0.1) is 0 Å². The molecule has 0 saturated heterocycles. The van der Waals surface area contributed by atoms with Crippen LogP contribution in [0.1, 0.15) is 20.3 Å². The maximum Gasteiger partial charge on any atom is 0.323 e. The van der Waals surface area contributed by atoms with E-state index in [4.69, 9.17) is 0 Å². The Morgan fingerprint density at radius 3 is 2.68 bits per heavy atom. The zero-order chi connectivity index (χ0) is 14.5. The fourth-order valence-corrected chi connectivity index (χ4v) is 1.84. The lowest BCUT2D eigenvalue weighted by Gasteiger charge is -2.29. The highest BCUT2D eigenvalue weighted by Crippen LogP contribution is 2.18. The van der Waals surface area contributed by atoms with E-state index in [1.165, 1.54) is 12.1 Å². The second kappa shape index (κ2) is 6.52. The average Bonchev–Trinajstić information content (AvgIpc) is 2.39. The minimum Gasteiger partial charge on any atom is -0.480 e. The maximum atomic E-state index is 13.2. The lowest BCUT2D eigenvalue weighted by Crippen LogP contribution is -2.49. The molecule has 1 atom stereocenters. The van der Waals surface area contributed by atoms with Crippen LogP contribution in [0.15, 0.2) is 24.3 Å². The number of nitrogens with zero attached hydrogens (tertiary/aromatic N) is 1. The molecule has 1 rings (SSSR count). The second-order valence-corrected chi connectivity index (χ2v) is 4.70. The van der Waals surface area contributed by atoms with E-state index >= 15 is 0 Å². The molecule has 0 saturated carbocycles. The normalized spacial score (nSPS) is 13.9. The first-order chi connectivity index (χ1) is 8.92. The number of nitrogens with one attached hydrogen (secondary N) is 1. The number of rotatable bonds is 7. The molecule has 0 amide bonds. The fourth-order valence-electron chi connectivity index (χ4n) is 1.84. The molecule has 0 aliphatic heterocycles. The van der Waals surface area contributed by atoms with Gasteiger partial charge in [-0.2, -0.15) is 0 Å². The Morgan fingerprint density at radius 2 is 2.21 bits per heavy atom. The van der Waals surface area contributed by atoms with E-state index in [1.807, 2.05) is 17.9 Å².